The first-order chi connectivity index (χ1) is 13.4. The Morgan fingerprint density at radius 2 is 1.71 bits per heavy atom. The van der Waals surface area contributed by atoms with E-state index in [2.05, 4.69) is 16.5 Å². The summed E-state index contributed by atoms with van der Waals surface area (Å²) < 4.78 is 40.5. The number of nitrogens with zero attached hydrogens (tertiary/aromatic N) is 1. The third-order valence-corrected chi connectivity index (χ3v) is 7.63. The monoisotopic (exact) mass is 402 g/mol. The van der Waals surface area contributed by atoms with Gasteiger partial charge in [-0.15, -0.1) is 0 Å². The number of likely N-dealkylation sites (tertiary alicyclic amines) is 1. The molecule has 1 heterocycles. The van der Waals surface area contributed by atoms with Gasteiger partial charge >= 0.3 is 0 Å². The molecule has 28 heavy (non-hydrogen) atoms. The molecule has 1 aliphatic heterocycles. The van der Waals surface area contributed by atoms with Crippen molar-refractivity contribution in [3.8, 4) is 0 Å². The van der Waals surface area contributed by atoms with Gasteiger partial charge in [0.15, 0.2) is 0 Å². The van der Waals surface area contributed by atoms with Gasteiger partial charge in [-0.1, -0.05) is 12.1 Å². The van der Waals surface area contributed by atoms with Crippen molar-refractivity contribution in [2.75, 3.05) is 11.3 Å². The van der Waals surface area contributed by atoms with Crippen molar-refractivity contribution in [2.45, 2.75) is 61.9 Å². The van der Waals surface area contributed by atoms with Gasteiger partial charge in [0.1, 0.15) is 5.82 Å². The fraction of sp³-hybridized carbons (Fsp3) is 0.455. The van der Waals surface area contributed by atoms with E-state index in [9.17, 15) is 12.8 Å². The average Bonchev–Trinajstić information content (AvgIpc) is 3.31. The first-order valence-corrected chi connectivity index (χ1v) is 11.5. The van der Waals surface area contributed by atoms with E-state index in [1.54, 1.807) is 0 Å². The minimum absolute atomic E-state index is 0.0522. The van der Waals surface area contributed by atoms with E-state index in [0.29, 0.717) is 23.7 Å². The molecule has 150 valence electrons. The van der Waals surface area contributed by atoms with Gasteiger partial charge in [0.05, 0.1) is 4.90 Å². The maximum Gasteiger partial charge on any atom is 0.261 e. The standard InChI is InChI=1S/C22H27FN2O2S/c1-16-3-2-14-25(16)21-11-6-18(15-21)17-4-9-20(10-5-17)24-28(26,27)22-12-7-19(23)8-13-22/h4-5,7-10,12-13,16,18,21,24H,2-3,6,11,14-15H2,1H3/t16-,18-,21-/m0/s1. The number of sulfonamides is 1. The summed E-state index contributed by atoms with van der Waals surface area (Å²) in [4.78, 5) is 2.72. The molecule has 0 unspecified atom stereocenters. The maximum atomic E-state index is 13.0. The Balaban J connectivity index is 1.41. The maximum absolute atomic E-state index is 13.0. The van der Waals surface area contributed by atoms with Crippen molar-refractivity contribution in [1.82, 2.24) is 4.90 Å². The summed E-state index contributed by atoms with van der Waals surface area (Å²) in [5.41, 5.74) is 1.80. The third kappa shape index (κ3) is 4.08. The van der Waals surface area contributed by atoms with Gasteiger partial charge < -0.3 is 0 Å². The highest BCUT2D eigenvalue weighted by atomic mass is 32.2. The SMILES string of the molecule is C[C@H]1CCCN1[C@H]1CC[C@H](c2ccc(NS(=O)(=O)c3ccc(F)cc3)cc2)C1. The first kappa shape index (κ1) is 19.4. The van der Waals surface area contributed by atoms with Crippen LogP contribution in [0.2, 0.25) is 0 Å². The second kappa shape index (κ2) is 7.84. The molecule has 3 atom stereocenters. The molecule has 2 aliphatic rings. The fourth-order valence-corrected chi connectivity index (χ4v) is 5.77. The Kier molecular flexibility index (Phi) is 5.43. The van der Waals surface area contributed by atoms with E-state index in [1.165, 1.54) is 56.3 Å². The summed E-state index contributed by atoms with van der Waals surface area (Å²) in [6.45, 7) is 3.56. The lowest BCUT2D eigenvalue weighted by Crippen LogP contribution is -2.35. The van der Waals surface area contributed by atoms with Crippen molar-refractivity contribution in [3.05, 3.63) is 59.9 Å². The molecule has 2 aromatic carbocycles. The van der Waals surface area contributed by atoms with Crippen molar-refractivity contribution in [3.63, 3.8) is 0 Å². The highest BCUT2D eigenvalue weighted by Gasteiger charge is 2.34. The van der Waals surface area contributed by atoms with Crippen LogP contribution in [0.25, 0.3) is 0 Å². The van der Waals surface area contributed by atoms with Crippen molar-refractivity contribution in [2.24, 2.45) is 0 Å². The van der Waals surface area contributed by atoms with E-state index >= 15 is 0 Å². The van der Waals surface area contributed by atoms with Gasteiger partial charge in [0, 0.05) is 17.8 Å². The number of anilines is 1. The number of nitrogens with one attached hydrogen (secondary N) is 1. The largest absolute Gasteiger partial charge is 0.298 e. The summed E-state index contributed by atoms with van der Waals surface area (Å²) in [5.74, 6) is 0.0852. The van der Waals surface area contributed by atoms with Crippen LogP contribution < -0.4 is 4.72 Å². The number of benzene rings is 2. The number of hydrogen-bond acceptors (Lipinski definition) is 3. The van der Waals surface area contributed by atoms with E-state index < -0.39 is 15.8 Å². The average molecular weight is 403 g/mol. The molecule has 0 aromatic heterocycles. The van der Waals surface area contributed by atoms with Crippen molar-refractivity contribution < 1.29 is 12.8 Å². The molecule has 2 fully saturated rings. The highest BCUT2D eigenvalue weighted by Crippen LogP contribution is 2.39. The normalized spacial score (nSPS) is 25.9. The van der Waals surface area contributed by atoms with Crippen LogP contribution in [0.3, 0.4) is 0 Å². The number of halogens is 1. The molecule has 0 amide bonds. The fourth-order valence-electron chi connectivity index (χ4n) is 4.71. The van der Waals surface area contributed by atoms with E-state index in [0.717, 1.165) is 12.1 Å². The van der Waals surface area contributed by atoms with E-state index in [1.807, 2.05) is 24.3 Å². The molecule has 1 saturated heterocycles. The molecule has 0 radical (unpaired) electrons. The summed E-state index contributed by atoms with van der Waals surface area (Å²) in [6, 6.07) is 13.9. The summed E-state index contributed by atoms with van der Waals surface area (Å²) in [5, 5.41) is 0. The van der Waals surface area contributed by atoms with Gasteiger partial charge in [0.2, 0.25) is 0 Å². The Morgan fingerprint density at radius 1 is 1.00 bits per heavy atom. The summed E-state index contributed by atoms with van der Waals surface area (Å²) in [7, 11) is -3.71. The van der Waals surface area contributed by atoms with Gasteiger partial charge in [-0.2, -0.15) is 0 Å². The summed E-state index contributed by atoms with van der Waals surface area (Å²) >= 11 is 0. The summed E-state index contributed by atoms with van der Waals surface area (Å²) in [6.07, 6.45) is 6.24. The van der Waals surface area contributed by atoms with Crippen molar-refractivity contribution >= 4 is 15.7 Å². The Hall–Kier alpha value is -1.92. The smallest absolute Gasteiger partial charge is 0.261 e. The highest BCUT2D eigenvalue weighted by molar-refractivity contribution is 7.92. The molecule has 4 rings (SSSR count). The van der Waals surface area contributed by atoms with Crippen LogP contribution in [0, 0.1) is 5.82 Å². The molecule has 1 aliphatic carbocycles. The van der Waals surface area contributed by atoms with Crippen LogP contribution in [0.1, 0.15) is 50.5 Å². The number of hydrogen-bond donors (Lipinski definition) is 1. The molecule has 1 saturated carbocycles. The first-order valence-electron chi connectivity index (χ1n) is 10.1. The Bertz CT molecular complexity index is 913. The van der Waals surface area contributed by atoms with Gasteiger partial charge in [0.25, 0.3) is 10.0 Å². The molecule has 6 heteroatoms. The lowest BCUT2D eigenvalue weighted by Gasteiger charge is -2.28. The van der Waals surface area contributed by atoms with Crippen LogP contribution in [0.5, 0.6) is 0 Å². The van der Waals surface area contributed by atoms with E-state index in [-0.39, 0.29) is 4.90 Å². The predicted molar refractivity (Wildman–Crippen MR) is 109 cm³/mol. The molecule has 1 N–H and O–H groups in total. The Labute approximate surface area is 166 Å². The van der Waals surface area contributed by atoms with Crippen LogP contribution in [0.15, 0.2) is 53.4 Å². The predicted octanol–water partition coefficient (Wildman–Crippen LogP) is 4.75. The third-order valence-electron chi connectivity index (χ3n) is 6.24. The zero-order valence-corrected chi connectivity index (χ0v) is 17.0. The minimum atomic E-state index is -3.71. The van der Waals surface area contributed by atoms with Gasteiger partial charge in [-0.25, -0.2) is 12.8 Å². The minimum Gasteiger partial charge on any atom is -0.298 e. The van der Waals surface area contributed by atoms with Crippen LogP contribution in [0.4, 0.5) is 10.1 Å². The van der Waals surface area contributed by atoms with Crippen molar-refractivity contribution in [1.29, 1.82) is 0 Å². The molecule has 0 spiro atoms. The zero-order valence-electron chi connectivity index (χ0n) is 16.1. The second-order valence-electron chi connectivity index (χ2n) is 8.07. The molecule has 4 nitrogen and oxygen atoms in total. The molecular weight excluding hydrogens is 375 g/mol. The van der Waals surface area contributed by atoms with Crippen LogP contribution in [-0.2, 0) is 10.0 Å². The zero-order chi connectivity index (χ0) is 19.7. The Morgan fingerprint density at radius 3 is 2.36 bits per heavy atom. The quantitative estimate of drug-likeness (QED) is 0.785. The number of rotatable bonds is 5. The molecule has 2 aromatic rings. The second-order valence-corrected chi connectivity index (χ2v) is 9.76. The van der Waals surface area contributed by atoms with E-state index in [4.69, 9.17) is 0 Å². The molecular formula is C22H27FN2O2S. The van der Waals surface area contributed by atoms with Gasteiger partial charge in [-0.05, 0) is 93.5 Å². The van der Waals surface area contributed by atoms with Crippen LogP contribution in [-0.4, -0.2) is 31.9 Å². The lowest BCUT2D eigenvalue weighted by atomic mass is 9.97. The topological polar surface area (TPSA) is 49.4 Å². The lowest BCUT2D eigenvalue weighted by molar-refractivity contribution is 0.191. The molecule has 0 bridgehead atoms. The van der Waals surface area contributed by atoms with Gasteiger partial charge in [-0.3, -0.25) is 9.62 Å². The van der Waals surface area contributed by atoms with Crippen LogP contribution >= 0.6 is 0 Å².